The number of benzene rings is 2. The number of phenols is 1. The average molecular weight is 520 g/mol. The number of nitrogens with zero attached hydrogens (tertiary/aromatic N) is 3. The fourth-order valence-electron chi connectivity index (χ4n) is 3.46. The Labute approximate surface area is 206 Å². The van der Waals surface area contributed by atoms with E-state index in [0.717, 1.165) is 0 Å². The summed E-state index contributed by atoms with van der Waals surface area (Å²) in [7, 11) is 0. The number of fused-ring (bicyclic) bond motifs is 1. The zero-order chi connectivity index (χ0) is 24.6. The highest BCUT2D eigenvalue weighted by Gasteiger charge is 2.25. The minimum absolute atomic E-state index is 0.0231. The van der Waals surface area contributed by atoms with Crippen LogP contribution in [0.1, 0.15) is 15.9 Å². The Balaban J connectivity index is 1.74. The molecule has 12 heteroatoms. The number of nitrogens with one attached hydrogen (secondary N) is 1. The van der Waals surface area contributed by atoms with Crippen molar-refractivity contribution >= 4 is 68.9 Å². The highest BCUT2D eigenvalue weighted by atomic mass is 35.5. The first-order valence-corrected chi connectivity index (χ1v) is 10.7. The van der Waals surface area contributed by atoms with Gasteiger partial charge >= 0.3 is 0 Å². The number of nitro benzene ring substituents is 1. The van der Waals surface area contributed by atoms with Gasteiger partial charge in [0.1, 0.15) is 5.75 Å². The number of para-hydroxylation sites is 1. The lowest BCUT2D eigenvalue weighted by molar-refractivity contribution is -0.385. The summed E-state index contributed by atoms with van der Waals surface area (Å²) in [5.41, 5.74) is 0.268. The van der Waals surface area contributed by atoms with Crippen LogP contribution in [-0.2, 0) is 11.3 Å². The van der Waals surface area contributed by atoms with E-state index in [0.29, 0.717) is 0 Å². The van der Waals surface area contributed by atoms with Gasteiger partial charge in [0.05, 0.1) is 32.6 Å². The summed E-state index contributed by atoms with van der Waals surface area (Å²) < 4.78 is 1.45. The first kappa shape index (κ1) is 23.5. The second-order valence-corrected chi connectivity index (χ2v) is 8.42. The van der Waals surface area contributed by atoms with E-state index in [-0.39, 0.29) is 60.9 Å². The van der Waals surface area contributed by atoms with E-state index in [4.69, 9.17) is 34.8 Å². The van der Waals surface area contributed by atoms with Gasteiger partial charge in [0, 0.05) is 34.4 Å². The summed E-state index contributed by atoms with van der Waals surface area (Å²) in [6.07, 6.45) is 2.61. The molecular formula is C22H13Cl3N4O5. The number of carbonyl (C=O) groups excluding carboxylic acids is 2. The molecule has 34 heavy (non-hydrogen) atoms. The third-order valence-corrected chi connectivity index (χ3v) is 5.68. The molecule has 0 spiro atoms. The number of aromatic hydroxyl groups is 1. The lowest BCUT2D eigenvalue weighted by Crippen LogP contribution is -2.23. The Morgan fingerprint density at radius 3 is 2.59 bits per heavy atom. The monoisotopic (exact) mass is 518 g/mol. The number of hydrogen-bond donors (Lipinski definition) is 2. The Morgan fingerprint density at radius 2 is 1.88 bits per heavy atom. The van der Waals surface area contributed by atoms with Gasteiger partial charge in [-0.1, -0.05) is 46.9 Å². The summed E-state index contributed by atoms with van der Waals surface area (Å²) in [5, 5.41) is 25.0. The van der Waals surface area contributed by atoms with Crippen LogP contribution in [0.4, 0.5) is 11.5 Å². The molecule has 1 amide bonds. The molecule has 0 aliphatic heterocycles. The number of carbonyl (C=O) groups is 2. The number of halogens is 3. The van der Waals surface area contributed by atoms with Crippen LogP contribution in [0.3, 0.4) is 0 Å². The summed E-state index contributed by atoms with van der Waals surface area (Å²) >= 11 is 17.7. The van der Waals surface area contributed by atoms with Crippen LogP contribution in [0.25, 0.3) is 10.9 Å². The van der Waals surface area contributed by atoms with E-state index >= 15 is 0 Å². The second-order valence-electron chi connectivity index (χ2n) is 7.14. The van der Waals surface area contributed by atoms with Crippen molar-refractivity contribution in [2.75, 3.05) is 5.32 Å². The molecule has 0 atom stereocenters. The third kappa shape index (κ3) is 4.54. The number of hydrogen-bond acceptors (Lipinski definition) is 6. The van der Waals surface area contributed by atoms with Gasteiger partial charge in [0.2, 0.25) is 0 Å². The standard InChI is InChI=1S/C22H13Cl3N4O5/c23-12-5-4-11(17(7-12)29(33)34)9-28-10-15(14-2-1-3-18(30)19(14)28)20(31)22(32)27-21-16(25)6-13(24)8-26-21/h1-8,10,30H,9H2,(H,26,27,32). The first-order valence-electron chi connectivity index (χ1n) is 9.56. The largest absolute Gasteiger partial charge is 0.506 e. The molecular weight excluding hydrogens is 507 g/mol. The average Bonchev–Trinajstić information content (AvgIpc) is 3.15. The molecule has 0 saturated heterocycles. The van der Waals surface area contributed by atoms with Crippen molar-refractivity contribution in [3.05, 3.63) is 91.2 Å². The predicted octanol–water partition coefficient (Wildman–Crippen LogP) is 5.48. The number of anilines is 1. The zero-order valence-corrected chi connectivity index (χ0v) is 19.2. The van der Waals surface area contributed by atoms with Crippen molar-refractivity contribution in [2.45, 2.75) is 6.54 Å². The molecule has 0 aliphatic rings. The van der Waals surface area contributed by atoms with Crippen LogP contribution in [0.2, 0.25) is 15.1 Å². The van der Waals surface area contributed by atoms with Gasteiger partial charge in [-0.25, -0.2) is 4.98 Å². The molecule has 4 rings (SSSR count). The van der Waals surface area contributed by atoms with Crippen LogP contribution in [0.15, 0.2) is 54.9 Å². The Morgan fingerprint density at radius 1 is 1.12 bits per heavy atom. The minimum Gasteiger partial charge on any atom is -0.506 e. The van der Waals surface area contributed by atoms with Crippen molar-refractivity contribution in [2.24, 2.45) is 0 Å². The van der Waals surface area contributed by atoms with Crippen LogP contribution in [-0.4, -0.2) is 31.3 Å². The predicted molar refractivity (Wildman–Crippen MR) is 128 cm³/mol. The quantitative estimate of drug-likeness (QED) is 0.150. The number of ketones is 1. The Hall–Kier alpha value is -3.66. The topological polar surface area (TPSA) is 127 Å². The molecule has 2 N–H and O–H groups in total. The maximum absolute atomic E-state index is 13.0. The number of amides is 1. The molecule has 2 heterocycles. The van der Waals surface area contributed by atoms with Gasteiger partial charge in [-0.15, -0.1) is 0 Å². The number of Topliss-reactive ketones (excluding diaryl/α,β-unsaturated/α-hetero) is 1. The molecule has 2 aromatic carbocycles. The number of rotatable bonds is 6. The zero-order valence-electron chi connectivity index (χ0n) is 17.0. The summed E-state index contributed by atoms with van der Waals surface area (Å²) in [5.74, 6) is -2.16. The van der Waals surface area contributed by atoms with Crippen LogP contribution in [0, 0.1) is 10.1 Å². The number of pyridine rings is 1. The number of aromatic nitrogens is 2. The lowest BCUT2D eigenvalue weighted by Gasteiger charge is -2.08. The van der Waals surface area contributed by atoms with Crippen molar-refractivity contribution < 1.29 is 19.6 Å². The lowest BCUT2D eigenvalue weighted by atomic mass is 10.1. The van der Waals surface area contributed by atoms with Crippen LogP contribution in [0.5, 0.6) is 5.75 Å². The number of nitro groups is 1. The highest BCUT2D eigenvalue weighted by Crippen LogP contribution is 2.32. The van der Waals surface area contributed by atoms with E-state index < -0.39 is 16.6 Å². The van der Waals surface area contributed by atoms with Gasteiger partial charge in [0.25, 0.3) is 17.4 Å². The smallest absolute Gasteiger partial charge is 0.298 e. The van der Waals surface area contributed by atoms with E-state index in [1.54, 1.807) is 6.07 Å². The molecule has 0 aliphatic carbocycles. The van der Waals surface area contributed by atoms with E-state index in [2.05, 4.69) is 10.3 Å². The Bertz CT molecular complexity index is 1490. The molecule has 172 valence electrons. The summed E-state index contributed by atoms with van der Waals surface area (Å²) in [6, 6.07) is 10.0. The molecule has 0 unspecified atom stereocenters. The van der Waals surface area contributed by atoms with Crippen molar-refractivity contribution in [3.8, 4) is 5.75 Å². The molecule has 0 fully saturated rings. The van der Waals surface area contributed by atoms with Gasteiger partial charge in [-0.2, -0.15) is 0 Å². The first-order chi connectivity index (χ1) is 16.2. The fourth-order valence-corrected chi connectivity index (χ4v) is 4.06. The maximum Gasteiger partial charge on any atom is 0.298 e. The van der Waals surface area contributed by atoms with Gasteiger partial charge in [0.15, 0.2) is 5.82 Å². The van der Waals surface area contributed by atoms with Crippen LogP contribution < -0.4 is 5.32 Å². The maximum atomic E-state index is 13.0. The van der Waals surface area contributed by atoms with E-state index in [9.17, 15) is 24.8 Å². The van der Waals surface area contributed by atoms with Gasteiger partial charge < -0.3 is 15.0 Å². The molecule has 2 aromatic heterocycles. The fraction of sp³-hybridized carbons (Fsp3) is 0.0455. The molecule has 0 saturated carbocycles. The summed E-state index contributed by atoms with van der Waals surface area (Å²) in [4.78, 5) is 40.5. The van der Waals surface area contributed by atoms with Crippen molar-refractivity contribution in [1.82, 2.24) is 9.55 Å². The van der Waals surface area contributed by atoms with Crippen molar-refractivity contribution in [3.63, 3.8) is 0 Å². The van der Waals surface area contributed by atoms with Gasteiger partial charge in [-0.3, -0.25) is 19.7 Å². The van der Waals surface area contributed by atoms with E-state index in [1.165, 1.54) is 53.4 Å². The second kappa shape index (κ2) is 9.30. The molecule has 0 radical (unpaired) electrons. The minimum atomic E-state index is -1.02. The van der Waals surface area contributed by atoms with E-state index in [1.807, 2.05) is 0 Å². The highest BCUT2D eigenvalue weighted by molar-refractivity contribution is 6.49. The van der Waals surface area contributed by atoms with Gasteiger partial charge in [-0.05, 0) is 24.3 Å². The molecule has 4 aromatic rings. The molecule has 0 bridgehead atoms. The Kier molecular flexibility index (Phi) is 6.43. The molecule has 9 nitrogen and oxygen atoms in total. The SMILES string of the molecule is O=C(Nc1ncc(Cl)cc1Cl)C(=O)c1cn(Cc2ccc(Cl)cc2[N+](=O)[O-])c2c(O)cccc12. The van der Waals surface area contributed by atoms with Crippen LogP contribution >= 0.6 is 34.8 Å². The van der Waals surface area contributed by atoms with Crippen molar-refractivity contribution in [1.29, 1.82) is 0 Å². The number of phenolic OH excluding ortho intramolecular Hbond substituents is 1. The third-order valence-electron chi connectivity index (χ3n) is 4.95. The normalized spacial score (nSPS) is 10.9. The summed E-state index contributed by atoms with van der Waals surface area (Å²) in [6.45, 7) is -0.0684.